The van der Waals surface area contributed by atoms with Gasteiger partial charge in [0.1, 0.15) is 0 Å². The second kappa shape index (κ2) is 11.1. The first-order valence-electron chi connectivity index (χ1n) is 8.22. The molecule has 0 unspecified atom stereocenters. The highest BCUT2D eigenvalue weighted by atomic mass is 32.2. The molecule has 2 nitrogen and oxygen atoms in total. The number of nitrogens with one attached hydrogen (secondary N) is 2. The van der Waals surface area contributed by atoms with E-state index >= 15 is 0 Å². The molecule has 0 radical (unpaired) electrons. The zero-order chi connectivity index (χ0) is 15.5. The van der Waals surface area contributed by atoms with Gasteiger partial charge in [0.2, 0.25) is 0 Å². The molecular weight excluding hydrogens is 276 g/mol. The van der Waals surface area contributed by atoms with Crippen molar-refractivity contribution >= 4 is 11.8 Å². The standard InChI is InChI=1S/C18H32N2S/c1-15(2)10-12-19-13-11-17(20-16(3)4)14-21-18-8-6-5-7-9-18/h5-9,15-17,19-20H,10-14H2,1-4H3/t17-/m1/s1. The van der Waals surface area contributed by atoms with Crippen LogP contribution in [0.4, 0.5) is 0 Å². The first-order valence-corrected chi connectivity index (χ1v) is 9.21. The molecule has 120 valence electrons. The fourth-order valence-corrected chi connectivity index (χ4v) is 3.20. The lowest BCUT2D eigenvalue weighted by atomic mass is 10.1. The van der Waals surface area contributed by atoms with Crippen LogP contribution in [0.1, 0.15) is 40.5 Å². The molecule has 1 atom stereocenters. The Morgan fingerprint density at radius 3 is 2.24 bits per heavy atom. The van der Waals surface area contributed by atoms with Crippen LogP contribution in [-0.4, -0.2) is 30.9 Å². The highest BCUT2D eigenvalue weighted by Gasteiger charge is 2.10. The number of thioether (sulfide) groups is 1. The molecule has 21 heavy (non-hydrogen) atoms. The van der Waals surface area contributed by atoms with Crippen LogP contribution in [0.15, 0.2) is 35.2 Å². The summed E-state index contributed by atoms with van der Waals surface area (Å²) < 4.78 is 0. The van der Waals surface area contributed by atoms with Crippen molar-refractivity contribution in [2.45, 2.75) is 57.5 Å². The van der Waals surface area contributed by atoms with Gasteiger partial charge < -0.3 is 10.6 Å². The highest BCUT2D eigenvalue weighted by Crippen LogP contribution is 2.18. The topological polar surface area (TPSA) is 24.1 Å². The molecule has 3 heteroatoms. The molecule has 0 aromatic heterocycles. The minimum absolute atomic E-state index is 0.544. The van der Waals surface area contributed by atoms with Crippen molar-refractivity contribution in [1.29, 1.82) is 0 Å². The van der Waals surface area contributed by atoms with E-state index in [-0.39, 0.29) is 0 Å². The van der Waals surface area contributed by atoms with E-state index in [1.807, 2.05) is 11.8 Å². The van der Waals surface area contributed by atoms with Crippen molar-refractivity contribution < 1.29 is 0 Å². The maximum atomic E-state index is 3.69. The van der Waals surface area contributed by atoms with Crippen molar-refractivity contribution in [3.05, 3.63) is 30.3 Å². The summed E-state index contributed by atoms with van der Waals surface area (Å²) in [7, 11) is 0. The fourth-order valence-electron chi connectivity index (χ4n) is 2.19. The van der Waals surface area contributed by atoms with Crippen molar-refractivity contribution in [2.75, 3.05) is 18.8 Å². The van der Waals surface area contributed by atoms with Crippen LogP contribution in [-0.2, 0) is 0 Å². The van der Waals surface area contributed by atoms with E-state index in [1.54, 1.807) is 0 Å². The van der Waals surface area contributed by atoms with Gasteiger partial charge >= 0.3 is 0 Å². The molecule has 2 N–H and O–H groups in total. The molecule has 1 aromatic carbocycles. The van der Waals surface area contributed by atoms with E-state index in [0.29, 0.717) is 12.1 Å². The molecule has 0 saturated heterocycles. The van der Waals surface area contributed by atoms with E-state index < -0.39 is 0 Å². The quantitative estimate of drug-likeness (QED) is 0.474. The normalized spacial score (nSPS) is 13.0. The summed E-state index contributed by atoms with van der Waals surface area (Å²) in [5, 5.41) is 7.26. The highest BCUT2D eigenvalue weighted by molar-refractivity contribution is 7.99. The molecule has 1 rings (SSSR count). The van der Waals surface area contributed by atoms with Gasteiger partial charge in [-0.2, -0.15) is 0 Å². The second-order valence-corrected chi connectivity index (χ2v) is 7.46. The zero-order valence-electron chi connectivity index (χ0n) is 14.1. The summed E-state index contributed by atoms with van der Waals surface area (Å²) in [4.78, 5) is 1.36. The van der Waals surface area contributed by atoms with Crippen LogP contribution in [0.3, 0.4) is 0 Å². The Balaban J connectivity index is 2.27. The van der Waals surface area contributed by atoms with Gasteiger partial charge in [0.25, 0.3) is 0 Å². The molecule has 0 amide bonds. The number of hydrogen-bond donors (Lipinski definition) is 2. The van der Waals surface area contributed by atoms with Crippen molar-refractivity contribution in [3.8, 4) is 0 Å². The zero-order valence-corrected chi connectivity index (χ0v) is 14.9. The maximum Gasteiger partial charge on any atom is 0.0176 e. The van der Waals surface area contributed by atoms with Crippen LogP contribution in [0.2, 0.25) is 0 Å². The largest absolute Gasteiger partial charge is 0.317 e. The van der Waals surface area contributed by atoms with Crippen LogP contribution in [0.25, 0.3) is 0 Å². The van der Waals surface area contributed by atoms with E-state index in [2.05, 4.69) is 68.7 Å². The third-order valence-corrected chi connectivity index (χ3v) is 4.51. The van der Waals surface area contributed by atoms with Crippen molar-refractivity contribution in [1.82, 2.24) is 10.6 Å². The molecule has 0 bridgehead atoms. The molecule has 0 spiro atoms. The number of rotatable bonds is 11. The number of hydrogen-bond acceptors (Lipinski definition) is 3. The van der Waals surface area contributed by atoms with Gasteiger partial charge in [-0.15, -0.1) is 11.8 Å². The van der Waals surface area contributed by atoms with E-state index in [1.165, 1.54) is 17.7 Å². The Kier molecular flexibility index (Phi) is 9.81. The fraction of sp³-hybridized carbons (Fsp3) is 0.667. The predicted octanol–water partition coefficient (Wildman–Crippen LogP) is 4.17. The van der Waals surface area contributed by atoms with Crippen LogP contribution in [0.5, 0.6) is 0 Å². The van der Waals surface area contributed by atoms with Gasteiger partial charge in [0, 0.05) is 22.7 Å². The molecule has 0 heterocycles. The molecule has 0 aliphatic carbocycles. The number of benzene rings is 1. The predicted molar refractivity (Wildman–Crippen MR) is 96.2 cm³/mol. The first kappa shape index (κ1) is 18.5. The van der Waals surface area contributed by atoms with Gasteiger partial charge in [-0.05, 0) is 44.0 Å². The summed E-state index contributed by atoms with van der Waals surface area (Å²) in [5.74, 6) is 1.92. The average Bonchev–Trinajstić information content (AvgIpc) is 2.44. The minimum atomic E-state index is 0.544. The summed E-state index contributed by atoms with van der Waals surface area (Å²) in [6.45, 7) is 11.3. The minimum Gasteiger partial charge on any atom is -0.317 e. The molecular formula is C18H32N2S. The molecule has 0 fully saturated rings. The van der Waals surface area contributed by atoms with Crippen LogP contribution in [0, 0.1) is 5.92 Å². The monoisotopic (exact) mass is 308 g/mol. The molecule has 0 aliphatic rings. The third-order valence-electron chi connectivity index (χ3n) is 3.33. The van der Waals surface area contributed by atoms with Crippen LogP contribution >= 0.6 is 11.8 Å². The second-order valence-electron chi connectivity index (χ2n) is 6.36. The summed E-state index contributed by atoms with van der Waals surface area (Å²) >= 11 is 1.95. The summed E-state index contributed by atoms with van der Waals surface area (Å²) in [6.07, 6.45) is 2.46. The summed E-state index contributed by atoms with van der Waals surface area (Å²) in [5.41, 5.74) is 0. The van der Waals surface area contributed by atoms with E-state index in [0.717, 1.165) is 24.8 Å². The lowest BCUT2D eigenvalue weighted by molar-refractivity contribution is 0.449. The Morgan fingerprint density at radius 2 is 1.62 bits per heavy atom. The first-order chi connectivity index (χ1) is 10.1. The smallest absolute Gasteiger partial charge is 0.0176 e. The Labute approximate surface area is 135 Å². The van der Waals surface area contributed by atoms with Gasteiger partial charge in [-0.1, -0.05) is 45.9 Å². The lowest BCUT2D eigenvalue weighted by Crippen LogP contribution is -2.39. The summed E-state index contributed by atoms with van der Waals surface area (Å²) in [6, 6.07) is 11.8. The van der Waals surface area contributed by atoms with E-state index in [4.69, 9.17) is 0 Å². The third kappa shape index (κ3) is 9.94. The lowest BCUT2D eigenvalue weighted by Gasteiger charge is -2.21. The average molecular weight is 309 g/mol. The van der Waals surface area contributed by atoms with Crippen molar-refractivity contribution in [3.63, 3.8) is 0 Å². The van der Waals surface area contributed by atoms with E-state index in [9.17, 15) is 0 Å². The Bertz CT molecular complexity index is 351. The maximum absolute atomic E-state index is 3.69. The van der Waals surface area contributed by atoms with Gasteiger partial charge in [-0.3, -0.25) is 0 Å². The Morgan fingerprint density at radius 1 is 0.952 bits per heavy atom. The van der Waals surface area contributed by atoms with Gasteiger partial charge in [0.05, 0.1) is 0 Å². The van der Waals surface area contributed by atoms with Gasteiger partial charge in [0.15, 0.2) is 0 Å². The van der Waals surface area contributed by atoms with Crippen molar-refractivity contribution in [2.24, 2.45) is 5.92 Å². The molecule has 1 aromatic rings. The van der Waals surface area contributed by atoms with Gasteiger partial charge in [-0.25, -0.2) is 0 Å². The van der Waals surface area contributed by atoms with Crippen LogP contribution < -0.4 is 10.6 Å². The SMILES string of the molecule is CC(C)CCNCC[C@H](CSc1ccccc1)NC(C)C. The molecule has 0 saturated carbocycles. The molecule has 0 aliphatic heterocycles. The Hall–Kier alpha value is -0.510.